The van der Waals surface area contributed by atoms with Gasteiger partial charge >= 0.3 is 0 Å². The third-order valence-electron chi connectivity index (χ3n) is 5.82. The molecule has 0 spiro atoms. The number of amides is 1. The SMILES string of the molecule is C[C@H]1C(C(=O)NN2CCCCCC2)=NN(c2ccccc2Cl)[C@@H]1c1ccc(O)cc1. The summed E-state index contributed by atoms with van der Waals surface area (Å²) in [6.07, 6.45) is 4.58. The summed E-state index contributed by atoms with van der Waals surface area (Å²) >= 11 is 6.47. The molecule has 0 unspecified atom stereocenters. The van der Waals surface area contributed by atoms with Crippen molar-refractivity contribution >= 4 is 28.9 Å². The van der Waals surface area contributed by atoms with Gasteiger partial charge in [-0.05, 0) is 42.7 Å². The van der Waals surface area contributed by atoms with Crippen LogP contribution < -0.4 is 10.4 Å². The Hall–Kier alpha value is -2.57. The Balaban J connectivity index is 1.65. The van der Waals surface area contributed by atoms with E-state index in [1.807, 2.05) is 53.3 Å². The standard InChI is InChI=1S/C23H27ClN4O2/c1-16-21(23(30)26-27-14-6-2-3-7-15-27)25-28(20-9-5-4-8-19(20)24)22(16)17-10-12-18(29)13-11-17/h4-5,8-13,16,22,29H,2-3,6-7,14-15H2,1H3,(H,26,30)/t16-,22-/m0/s1. The highest BCUT2D eigenvalue weighted by Gasteiger charge is 2.40. The van der Waals surface area contributed by atoms with Crippen LogP contribution in [0.1, 0.15) is 44.2 Å². The fourth-order valence-corrected chi connectivity index (χ4v) is 4.43. The first-order chi connectivity index (χ1) is 14.5. The maximum Gasteiger partial charge on any atom is 0.282 e. The highest BCUT2D eigenvalue weighted by molar-refractivity contribution is 6.40. The van der Waals surface area contributed by atoms with Gasteiger partial charge in [0.2, 0.25) is 0 Å². The number of para-hydroxylation sites is 1. The molecule has 1 saturated heterocycles. The number of nitrogens with one attached hydrogen (secondary N) is 1. The molecule has 0 bridgehead atoms. The molecule has 6 nitrogen and oxygen atoms in total. The number of benzene rings is 2. The zero-order chi connectivity index (χ0) is 21.1. The van der Waals surface area contributed by atoms with Crippen LogP contribution >= 0.6 is 11.6 Å². The molecule has 0 aromatic heterocycles. The second-order valence-corrected chi connectivity index (χ2v) is 8.36. The fourth-order valence-electron chi connectivity index (χ4n) is 4.21. The van der Waals surface area contributed by atoms with Gasteiger partial charge in [-0.25, -0.2) is 5.01 Å². The van der Waals surface area contributed by atoms with Crippen molar-refractivity contribution in [1.29, 1.82) is 0 Å². The number of hydrazine groups is 1. The molecule has 0 saturated carbocycles. The monoisotopic (exact) mass is 426 g/mol. The van der Waals surface area contributed by atoms with E-state index in [0.717, 1.165) is 37.2 Å². The van der Waals surface area contributed by atoms with Crippen LogP contribution in [0.25, 0.3) is 0 Å². The predicted molar refractivity (Wildman–Crippen MR) is 120 cm³/mol. The molecule has 2 aliphatic heterocycles. The molecule has 158 valence electrons. The third kappa shape index (κ3) is 4.30. The maximum atomic E-state index is 13.1. The maximum absolute atomic E-state index is 13.1. The molecule has 2 aliphatic rings. The third-order valence-corrected chi connectivity index (χ3v) is 6.14. The molecule has 2 N–H and O–H groups in total. The van der Waals surface area contributed by atoms with Gasteiger partial charge in [0.15, 0.2) is 0 Å². The van der Waals surface area contributed by atoms with E-state index < -0.39 is 0 Å². The summed E-state index contributed by atoms with van der Waals surface area (Å²) in [6.45, 7) is 3.74. The number of hydrogen-bond acceptors (Lipinski definition) is 5. The van der Waals surface area contributed by atoms with Gasteiger partial charge in [-0.3, -0.25) is 15.2 Å². The second kappa shape index (κ2) is 9.06. The molecule has 1 amide bonds. The lowest BCUT2D eigenvalue weighted by Crippen LogP contribution is -2.46. The minimum atomic E-state index is -0.199. The van der Waals surface area contributed by atoms with Crippen molar-refractivity contribution in [3.8, 4) is 5.75 Å². The highest BCUT2D eigenvalue weighted by Crippen LogP contribution is 2.41. The Bertz CT molecular complexity index is 923. The highest BCUT2D eigenvalue weighted by atomic mass is 35.5. The number of carbonyl (C=O) groups excluding carboxylic acids is 1. The molecular weight excluding hydrogens is 400 g/mol. The normalized spacial score (nSPS) is 22.5. The number of rotatable bonds is 4. The van der Waals surface area contributed by atoms with Crippen molar-refractivity contribution in [1.82, 2.24) is 10.4 Å². The van der Waals surface area contributed by atoms with Crippen LogP contribution in [0.15, 0.2) is 53.6 Å². The number of anilines is 1. The van der Waals surface area contributed by atoms with Crippen LogP contribution in [-0.4, -0.2) is 34.8 Å². The van der Waals surface area contributed by atoms with E-state index in [0.29, 0.717) is 10.7 Å². The average molecular weight is 427 g/mol. The summed E-state index contributed by atoms with van der Waals surface area (Å²) in [5.41, 5.74) is 5.26. The molecule has 30 heavy (non-hydrogen) atoms. The minimum absolute atomic E-state index is 0.155. The van der Waals surface area contributed by atoms with E-state index in [1.54, 1.807) is 12.1 Å². The number of hydrogen-bond donors (Lipinski definition) is 2. The largest absolute Gasteiger partial charge is 0.508 e. The molecule has 2 atom stereocenters. The van der Waals surface area contributed by atoms with Crippen molar-refractivity contribution < 1.29 is 9.90 Å². The summed E-state index contributed by atoms with van der Waals surface area (Å²) in [7, 11) is 0. The van der Waals surface area contributed by atoms with E-state index in [2.05, 4.69) is 5.43 Å². The van der Waals surface area contributed by atoms with Crippen LogP contribution in [0.3, 0.4) is 0 Å². The minimum Gasteiger partial charge on any atom is -0.508 e. The van der Waals surface area contributed by atoms with Crippen molar-refractivity contribution in [3.63, 3.8) is 0 Å². The quantitative estimate of drug-likeness (QED) is 0.754. The van der Waals surface area contributed by atoms with Gasteiger partial charge in [0.25, 0.3) is 5.91 Å². The number of carbonyl (C=O) groups is 1. The summed E-state index contributed by atoms with van der Waals surface area (Å²) in [4.78, 5) is 13.1. The summed E-state index contributed by atoms with van der Waals surface area (Å²) < 4.78 is 0. The van der Waals surface area contributed by atoms with Crippen molar-refractivity contribution in [2.75, 3.05) is 18.1 Å². The van der Waals surface area contributed by atoms with Gasteiger partial charge in [-0.1, -0.05) is 55.6 Å². The molecule has 2 aromatic carbocycles. The Morgan fingerprint density at radius 2 is 1.73 bits per heavy atom. The molecule has 1 fully saturated rings. The number of hydrazone groups is 1. The molecule has 0 aliphatic carbocycles. The van der Waals surface area contributed by atoms with Crippen molar-refractivity contribution in [2.45, 2.75) is 38.6 Å². The topological polar surface area (TPSA) is 68.2 Å². The molecule has 4 rings (SSSR count). The van der Waals surface area contributed by atoms with Crippen LogP contribution in [0.4, 0.5) is 5.69 Å². The molecular formula is C23H27ClN4O2. The molecule has 2 aromatic rings. The zero-order valence-electron chi connectivity index (χ0n) is 17.1. The van der Waals surface area contributed by atoms with Crippen molar-refractivity contribution in [2.24, 2.45) is 11.0 Å². The van der Waals surface area contributed by atoms with Crippen molar-refractivity contribution in [3.05, 3.63) is 59.1 Å². The molecule has 2 heterocycles. The first-order valence-electron chi connectivity index (χ1n) is 10.5. The fraction of sp³-hybridized carbons (Fsp3) is 0.391. The number of phenols is 1. The lowest BCUT2D eigenvalue weighted by Gasteiger charge is -2.27. The Kier molecular flexibility index (Phi) is 6.25. The Labute approximate surface area is 182 Å². The van der Waals surface area contributed by atoms with Gasteiger partial charge in [0, 0.05) is 19.0 Å². The van der Waals surface area contributed by atoms with Gasteiger partial charge < -0.3 is 5.11 Å². The van der Waals surface area contributed by atoms with Crippen LogP contribution in [-0.2, 0) is 4.79 Å². The number of nitrogens with zero attached hydrogens (tertiary/aromatic N) is 3. The van der Waals surface area contributed by atoms with Gasteiger partial charge in [-0.15, -0.1) is 0 Å². The van der Waals surface area contributed by atoms with Crippen LogP contribution in [0, 0.1) is 5.92 Å². The predicted octanol–water partition coefficient (Wildman–Crippen LogP) is 4.51. The van der Waals surface area contributed by atoms with Gasteiger partial charge in [0.05, 0.1) is 16.8 Å². The zero-order valence-corrected chi connectivity index (χ0v) is 17.8. The Morgan fingerprint density at radius 1 is 1.07 bits per heavy atom. The average Bonchev–Trinajstić information content (AvgIpc) is 2.89. The number of phenolic OH excluding ortho intramolecular Hbond substituents is 1. The van der Waals surface area contributed by atoms with E-state index in [9.17, 15) is 9.90 Å². The molecule has 7 heteroatoms. The lowest BCUT2D eigenvalue weighted by atomic mass is 9.91. The second-order valence-electron chi connectivity index (χ2n) is 7.95. The van der Waals surface area contributed by atoms with Gasteiger partial charge in [0.1, 0.15) is 11.5 Å². The van der Waals surface area contributed by atoms with Gasteiger partial charge in [-0.2, -0.15) is 5.10 Å². The number of halogens is 1. The van der Waals surface area contributed by atoms with Crippen LogP contribution in [0.5, 0.6) is 5.75 Å². The first kappa shape index (κ1) is 20.7. The Morgan fingerprint density at radius 3 is 2.40 bits per heavy atom. The van der Waals surface area contributed by atoms with Crippen LogP contribution in [0.2, 0.25) is 5.02 Å². The first-order valence-corrected chi connectivity index (χ1v) is 10.9. The van der Waals surface area contributed by atoms with E-state index in [1.165, 1.54) is 12.8 Å². The van der Waals surface area contributed by atoms with E-state index in [4.69, 9.17) is 16.7 Å². The number of aromatic hydroxyl groups is 1. The summed E-state index contributed by atoms with van der Waals surface area (Å²) in [5.74, 6) is -0.116. The summed E-state index contributed by atoms with van der Waals surface area (Å²) in [6, 6.07) is 14.3. The molecule has 0 radical (unpaired) electrons. The lowest BCUT2D eigenvalue weighted by molar-refractivity contribution is -0.119. The van der Waals surface area contributed by atoms with E-state index >= 15 is 0 Å². The summed E-state index contributed by atoms with van der Waals surface area (Å²) in [5, 5.41) is 18.9. The van der Waals surface area contributed by atoms with E-state index in [-0.39, 0.29) is 23.6 Å². The smallest absolute Gasteiger partial charge is 0.282 e.